The van der Waals surface area contributed by atoms with Crippen molar-refractivity contribution in [3.63, 3.8) is 0 Å². The van der Waals surface area contributed by atoms with E-state index in [1.807, 2.05) is 60.7 Å². The first kappa shape index (κ1) is 16.0. The van der Waals surface area contributed by atoms with E-state index in [9.17, 15) is 4.79 Å². The Hall–Kier alpha value is -3.53. The molecule has 0 aliphatic rings. The predicted molar refractivity (Wildman–Crippen MR) is 102 cm³/mol. The summed E-state index contributed by atoms with van der Waals surface area (Å²) in [4.78, 5) is 20.9. The molecule has 126 valence electrons. The number of pyridine rings is 2. The quantitative estimate of drug-likeness (QED) is 0.404. The van der Waals surface area contributed by atoms with Gasteiger partial charge in [0, 0.05) is 40.4 Å². The van der Waals surface area contributed by atoms with Gasteiger partial charge in [0.25, 0.3) is 0 Å². The van der Waals surface area contributed by atoms with E-state index in [1.54, 1.807) is 18.5 Å². The van der Waals surface area contributed by atoms with Gasteiger partial charge in [-0.3, -0.25) is 9.97 Å². The number of hydrogen-bond donors (Lipinski definition) is 0. The van der Waals surface area contributed by atoms with Gasteiger partial charge in [-0.25, -0.2) is 4.79 Å². The molecule has 0 N–H and O–H groups in total. The van der Waals surface area contributed by atoms with Gasteiger partial charge < -0.3 is 4.74 Å². The largest absolute Gasteiger partial charge is 0.458 e. The third kappa shape index (κ3) is 3.30. The first-order valence-corrected chi connectivity index (χ1v) is 8.32. The summed E-state index contributed by atoms with van der Waals surface area (Å²) in [6, 6.07) is 19.5. The maximum absolute atomic E-state index is 12.1. The number of aromatic nitrogens is 2. The molecule has 4 nitrogen and oxygen atoms in total. The van der Waals surface area contributed by atoms with Crippen LogP contribution in [0.15, 0.2) is 79.1 Å². The minimum absolute atomic E-state index is 0.186. The van der Waals surface area contributed by atoms with Gasteiger partial charge in [0.15, 0.2) is 0 Å². The Morgan fingerprint density at radius 3 is 2.31 bits per heavy atom. The third-order valence-electron chi connectivity index (χ3n) is 4.15. The van der Waals surface area contributed by atoms with Gasteiger partial charge in [-0.1, -0.05) is 48.5 Å². The number of fused-ring (bicyclic) bond motifs is 2. The number of nitrogens with zero attached hydrogens (tertiary/aromatic N) is 2. The summed E-state index contributed by atoms with van der Waals surface area (Å²) in [5.41, 5.74) is 3.48. The summed E-state index contributed by atoms with van der Waals surface area (Å²) >= 11 is 0. The molecular formula is C22H16N2O2. The van der Waals surface area contributed by atoms with E-state index in [2.05, 4.69) is 9.97 Å². The lowest BCUT2D eigenvalue weighted by Crippen LogP contribution is -2.01. The van der Waals surface area contributed by atoms with Gasteiger partial charge in [0.1, 0.15) is 6.61 Å². The Balaban J connectivity index is 1.49. The fourth-order valence-corrected chi connectivity index (χ4v) is 2.90. The van der Waals surface area contributed by atoms with Gasteiger partial charge >= 0.3 is 5.97 Å². The van der Waals surface area contributed by atoms with Crippen molar-refractivity contribution >= 4 is 33.9 Å². The number of rotatable bonds is 4. The van der Waals surface area contributed by atoms with Crippen LogP contribution in [-0.2, 0) is 16.1 Å². The standard InChI is InChI=1S/C22H16N2O2/c25-20(12-11-18-7-1-5-16-9-3-13-23-21(16)18)26-15-19-8-2-6-17-10-4-14-24-22(17)19/h1-14H,15H2/b12-11+. The summed E-state index contributed by atoms with van der Waals surface area (Å²) in [7, 11) is 0. The Morgan fingerprint density at radius 2 is 1.50 bits per heavy atom. The maximum atomic E-state index is 12.1. The number of ether oxygens (including phenoxy) is 1. The minimum atomic E-state index is -0.397. The first-order valence-electron chi connectivity index (χ1n) is 8.32. The average Bonchev–Trinajstić information content (AvgIpc) is 2.70. The lowest BCUT2D eigenvalue weighted by Gasteiger charge is -2.06. The molecule has 4 aromatic rings. The van der Waals surface area contributed by atoms with Crippen LogP contribution in [0.2, 0.25) is 0 Å². The normalized spacial score (nSPS) is 11.2. The van der Waals surface area contributed by atoms with Crippen LogP contribution in [0, 0.1) is 0 Å². The SMILES string of the molecule is O=C(/C=C/c1cccc2cccnc12)OCc1cccc2cccnc12. The van der Waals surface area contributed by atoms with Crippen LogP contribution in [0.25, 0.3) is 27.9 Å². The van der Waals surface area contributed by atoms with E-state index in [-0.39, 0.29) is 6.61 Å². The summed E-state index contributed by atoms with van der Waals surface area (Å²) < 4.78 is 5.38. The second-order valence-electron chi connectivity index (χ2n) is 5.86. The molecule has 0 fully saturated rings. The van der Waals surface area contributed by atoms with Crippen molar-refractivity contribution in [2.45, 2.75) is 6.61 Å². The monoisotopic (exact) mass is 340 g/mol. The van der Waals surface area contributed by atoms with E-state index in [1.165, 1.54) is 6.08 Å². The molecule has 2 aromatic carbocycles. The van der Waals surface area contributed by atoms with Crippen LogP contribution in [-0.4, -0.2) is 15.9 Å². The highest BCUT2D eigenvalue weighted by Gasteiger charge is 2.05. The number of para-hydroxylation sites is 2. The molecule has 4 heteroatoms. The van der Waals surface area contributed by atoms with Crippen molar-refractivity contribution < 1.29 is 9.53 Å². The van der Waals surface area contributed by atoms with Gasteiger partial charge in [0.2, 0.25) is 0 Å². The highest BCUT2D eigenvalue weighted by Crippen LogP contribution is 2.18. The van der Waals surface area contributed by atoms with E-state index >= 15 is 0 Å². The molecule has 0 atom stereocenters. The Morgan fingerprint density at radius 1 is 0.846 bits per heavy atom. The van der Waals surface area contributed by atoms with E-state index < -0.39 is 5.97 Å². The number of benzene rings is 2. The van der Waals surface area contributed by atoms with Crippen LogP contribution in [0.5, 0.6) is 0 Å². The zero-order chi connectivity index (χ0) is 17.8. The van der Waals surface area contributed by atoms with E-state index in [0.717, 1.165) is 32.9 Å². The molecule has 0 aliphatic carbocycles. The van der Waals surface area contributed by atoms with Crippen molar-refractivity contribution in [3.8, 4) is 0 Å². The lowest BCUT2D eigenvalue weighted by molar-refractivity contribution is -0.138. The van der Waals surface area contributed by atoms with Crippen LogP contribution < -0.4 is 0 Å². The Labute approximate surface area is 150 Å². The smallest absolute Gasteiger partial charge is 0.331 e. The topological polar surface area (TPSA) is 52.1 Å². The van der Waals surface area contributed by atoms with E-state index in [0.29, 0.717) is 0 Å². The zero-order valence-corrected chi connectivity index (χ0v) is 14.0. The minimum Gasteiger partial charge on any atom is -0.458 e. The highest BCUT2D eigenvalue weighted by atomic mass is 16.5. The Kier molecular flexibility index (Phi) is 4.39. The van der Waals surface area contributed by atoms with Crippen LogP contribution in [0.1, 0.15) is 11.1 Å². The second kappa shape index (κ2) is 7.15. The molecule has 4 rings (SSSR count). The van der Waals surface area contributed by atoms with Crippen molar-refractivity contribution in [1.82, 2.24) is 9.97 Å². The molecular weight excluding hydrogens is 324 g/mol. The van der Waals surface area contributed by atoms with Gasteiger partial charge in [0.05, 0.1) is 11.0 Å². The number of carbonyl (C=O) groups is 1. The summed E-state index contributed by atoms with van der Waals surface area (Å²) in [5.74, 6) is -0.397. The van der Waals surface area contributed by atoms with Gasteiger partial charge in [-0.05, 0) is 18.2 Å². The molecule has 0 aliphatic heterocycles. The Bertz CT molecular complexity index is 1110. The summed E-state index contributed by atoms with van der Waals surface area (Å²) in [5, 5.41) is 2.06. The number of hydrogen-bond acceptors (Lipinski definition) is 4. The maximum Gasteiger partial charge on any atom is 0.331 e. The van der Waals surface area contributed by atoms with Crippen molar-refractivity contribution in [3.05, 3.63) is 90.3 Å². The summed E-state index contributed by atoms with van der Waals surface area (Å²) in [6.45, 7) is 0.186. The second-order valence-corrected chi connectivity index (χ2v) is 5.86. The van der Waals surface area contributed by atoms with Gasteiger partial charge in [-0.2, -0.15) is 0 Å². The molecule has 0 radical (unpaired) electrons. The molecule has 0 bridgehead atoms. The molecule has 0 amide bonds. The fourth-order valence-electron chi connectivity index (χ4n) is 2.90. The zero-order valence-electron chi connectivity index (χ0n) is 14.0. The molecule has 0 saturated heterocycles. The molecule has 2 heterocycles. The number of carbonyl (C=O) groups excluding carboxylic acids is 1. The molecule has 0 saturated carbocycles. The molecule has 0 unspecified atom stereocenters. The van der Waals surface area contributed by atoms with Crippen LogP contribution >= 0.6 is 0 Å². The highest BCUT2D eigenvalue weighted by molar-refractivity contribution is 5.93. The molecule has 0 spiro atoms. The van der Waals surface area contributed by atoms with Crippen molar-refractivity contribution in [1.29, 1.82) is 0 Å². The van der Waals surface area contributed by atoms with E-state index in [4.69, 9.17) is 4.74 Å². The summed E-state index contributed by atoms with van der Waals surface area (Å²) in [6.07, 6.45) is 6.65. The average molecular weight is 340 g/mol. The van der Waals surface area contributed by atoms with Crippen molar-refractivity contribution in [2.24, 2.45) is 0 Å². The number of esters is 1. The van der Waals surface area contributed by atoms with Gasteiger partial charge in [-0.15, -0.1) is 0 Å². The lowest BCUT2D eigenvalue weighted by atomic mass is 10.1. The third-order valence-corrected chi connectivity index (χ3v) is 4.15. The molecule has 26 heavy (non-hydrogen) atoms. The van der Waals surface area contributed by atoms with Crippen LogP contribution in [0.4, 0.5) is 0 Å². The van der Waals surface area contributed by atoms with Crippen LogP contribution in [0.3, 0.4) is 0 Å². The molecule has 2 aromatic heterocycles. The van der Waals surface area contributed by atoms with Crippen molar-refractivity contribution in [2.75, 3.05) is 0 Å². The fraction of sp³-hybridized carbons (Fsp3) is 0.0455. The first-order chi connectivity index (χ1) is 12.8. The predicted octanol–water partition coefficient (Wildman–Crippen LogP) is 4.54.